The van der Waals surface area contributed by atoms with Crippen LogP contribution in [0.4, 0.5) is 5.69 Å². The van der Waals surface area contributed by atoms with E-state index in [1.807, 2.05) is 0 Å². The quantitative estimate of drug-likeness (QED) is 0.512. The zero-order valence-electron chi connectivity index (χ0n) is 16.9. The van der Waals surface area contributed by atoms with Crippen molar-refractivity contribution in [2.75, 3.05) is 5.32 Å². The Bertz CT molecular complexity index is 1040. The summed E-state index contributed by atoms with van der Waals surface area (Å²) in [6.07, 6.45) is -1.20. The van der Waals surface area contributed by atoms with Gasteiger partial charge in [-0.3, -0.25) is 9.59 Å². The molecular formula is C20H21Cl3N2O5S. The van der Waals surface area contributed by atoms with Crippen LogP contribution in [-0.2, 0) is 24.3 Å². The van der Waals surface area contributed by atoms with Gasteiger partial charge in [0.15, 0.2) is 6.10 Å². The van der Waals surface area contributed by atoms with Crippen molar-refractivity contribution < 1.29 is 22.7 Å². The molecule has 168 valence electrons. The molecule has 0 aliphatic rings. The van der Waals surface area contributed by atoms with E-state index in [0.29, 0.717) is 20.8 Å². The first-order chi connectivity index (χ1) is 14.4. The van der Waals surface area contributed by atoms with Gasteiger partial charge in [-0.15, -0.1) is 0 Å². The fourth-order valence-corrected chi connectivity index (χ4v) is 4.46. The van der Waals surface area contributed by atoms with Crippen LogP contribution in [0, 0.1) is 5.92 Å². The fourth-order valence-electron chi connectivity index (χ4n) is 2.48. The van der Waals surface area contributed by atoms with Crippen LogP contribution in [0.2, 0.25) is 15.1 Å². The molecule has 0 aliphatic heterocycles. The lowest BCUT2D eigenvalue weighted by atomic mass is 10.1. The van der Waals surface area contributed by atoms with Gasteiger partial charge in [0.25, 0.3) is 5.91 Å². The molecule has 2 atom stereocenters. The van der Waals surface area contributed by atoms with Gasteiger partial charge in [0.05, 0.1) is 4.90 Å². The Morgan fingerprint density at radius 2 is 1.45 bits per heavy atom. The van der Waals surface area contributed by atoms with E-state index in [-0.39, 0.29) is 4.90 Å². The van der Waals surface area contributed by atoms with Gasteiger partial charge in [0.1, 0.15) is 6.04 Å². The van der Waals surface area contributed by atoms with E-state index in [2.05, 4.69) is 10.0 Å². The second-order valence-corrected chi connectivity index (χ2v) is 10.0. The number of anilines is 1. The van der Waals surface area contributed by atoms with Gasteiger partial charge in [-0.05, 0) is 55.3 Å². The summed E-state index contributed by atoms with van der Waals surface area (Å²) in [6, 6.07) is 8.74. The molecular weight excluding hydrogens is 487 g/mol. The van der Waals surface area contributed by atoms with Crippen LogP contribution >= 0.6 is 34.8 Å². The van der Waals surface area contributed by atoms with E-state index in [4.69, 9.17) is 39.5 Å². The van der Waals surface area contributed by atoms with E-state index >= 15 is 0 Å². The number of esters is 1. The maximum atomic E-state index is 12.6. The molecule has 0 aliphatic carbocycles. The number of carbonyl (C=O) groups is 2. The van der Waals surface area contributed by atoms with E-state index in [9.17, 15) is 18.0 Å². The molecule has 31 heavy (non-hydrogen) atoms. The minimum Gasteiger partial charge on any atom is -0.451 e. The summed E-state index contributed by atoms with van der Waals surface area (Å²) in [4.78, 5) is 25.0. The Labute approximate surface area is 196 Å². The standard InChI is InChI=1S/C20H21Cl3N2O5S/c1-11(2)18(25-31(28,29)17-6-4-13(21)5-7-17)20(27)30-12(3)19(26)24-16-9-14(22)8-15(23)10-16/h4-12,18,25H,1-3H3,(H,24,26). The Balaban J connectivity index is 2.08. The molecule has 2 rings (SSSR count). The molecule has 2 N–H and O–H groups in total. The molecule has 0 heterocycles. The molecule has 2 aromatic carbocycles. The van der Waals surface area contributed by atoms with Crippen LogP contribution in [0.15, 0.2) is 47.4 Å². The van der Waals surface area contributed by atoms with Crippen molar-refractivity contribution in [1.82, 2.24) is 4.72 Å². The Morgan fingerprint density at radius 1 is 0.903 bits per heavy atom. The number of ether oxygens (including phenoxy) is 1. The molecule has 0 fully saturated rings. The highest BCUT2D eigenvalue weighted by molar-refractivity contribution is 7.89. The van der Waals surface area contributed by atoms with Gasteiger partial charge >= 0.3 is 5.97 Å². The third-order valence-electron chi connectivity index (χ3n) is 4.12. The third-order valence-corrected chi connectivity index (χ3v) is 6.26. The fraction of sp³-hybridized carbons (Fsp3) is 0.300. The van der Waals surface area contributed by atoms with Gasteiger partial charge in [0.2, 0.25) is 10.0 Å². The number of benzene rings is 2. The zero-order chi connectivity index (χ0) is 23.3. The molecule has 0 spiro atoms. The van der Waals surface area contributed by atoms with E-state index < -0.39 is 40.0 Å². The predicted molar refractivity (Wildman–Crippen MR) is 121 cm³/mol. The maximum absolute atomic E-state index is 12.6. The summed E-state index contributed by atoms with van der Waals surface area (Å²) in [6.45, 7) is 4.66. The number of nitrogens with one attached hydrogen (secondary N) is 2. The largest absolute Gasteiger partial charge is 0.451 e. The normalized spacial score (nSPS) is 13.5. The first-order valence-corrected chi connectivity index (χ1v) is 11.8. The highest BCUT2D eigenvalue weighted by atomic mass is 35.5. The number of sulfonamides is 1. The van der Waals surface area contributed by atoms with Gasteiger partial charge in [-0.25, -0.2) is 8.42 Å². The molecule has 2 unspecified atom stereocenters. The molecule has 2 aromatic rings. The molecule has 1 amide bonds. The monoisotopic (exact) mass is 506 g/mol. The average molecular weight is 508 g/mol. The molecule has 7 nitrogen and oxygen atoms in total. The van der Waals surface area contributed by atoms with E-state index in [1.54, 1.807) is 13.8 Å². The lowest BCUT2D eigenvalue weighted by molar-refractivity contribution is -0.155. The molecule has 0 aromatic heterocycles. The summed E-state index contributed by atoms with van der Waals surface area (Å²) in [5.74, 6) is -1.97. The van der Waals surface area contributed by atoms with Gasteiger partial charge in [-0.1, -0.05) is 48.7 Å². The molecule has 0 saturated heterocycles. The summed E-state index contributed by atoms with van der Waals surface area (Å²) < 4.78 is 32.8. The summed E-state index contributed by atoms with van der Waals surface area (Å²) >= 11 is 17.6. The minimum atomic E-state index is -4.02. The minimum absolute atomic E-state index is 0.0565. The first-order valence-electron chi connectivity index (χ1n) is 9.14. The van der Waals surface area contributed by atoms with Crippen LogP contribution in [0.5, 0.6) is 0 Å². The summed E-state index contributed by atoms with van der Waals surface area (Å²) in [5.41, 5.74) is 0.328. The van der Waals surface area contributed by atoms with Crippen molar-refractivity contribution in [3.63, 3.8) is 0 Å². The Hall–Kier alpha value is -1.84. The van der Waals surface area contributed by atoms with Crippen LogP contribution in [0.3, 0.4) is 0 Å². The summed E-state index contributed by atoms with van der Waals surface area (Å²) in [7, 11) is -4.02. The average Bonchev–Trinajstić information content (AvgIpc) is 2.65. The number of rotatable bonds is 8. The van der Waals surface area contributed by atoms with Crippen molar-refractivity contribution in [1.29, 1.82) is 0 Å². The van der Waals surface area contributed by atoms with Crippen LogP contribution < -0.4 is 10.0 Å². The van der Waals surface area contributed by atoms with Crippen LogP contribution in [0.1, 0.15) is 20.8 Å². The second-order valence-electron chi connectivity index (χ2n) is 7.02. The first kappa shape index (κ1) is 25.4. The molecule has 0 radical (unpaired) electrons. The second kappa shape index (κ2) is 10.7. The summed E-state index contributed by atoms with van der Waals surface area (Å²) in [5, 5.41) is 3.56. The highest BCUT2D eigenvalue weighted by Gasteiger charge is 2.32. The zero-order valence-corrected chi connectivity index (χ0v) is 19.9. The van der Waals surface area contributed by atoms with Crippen molar-refractivity contribution >= 4 is 62.4 Å². The van der Waals surface area contributed by atoms with Crippen molar-refractivity contribution in [3.05, 3.63) is 57.5 Å². The van der Waals surface area contributed by atoms with E-state index in [0.717, 1.165) is 0 Å². The Kier molecular flexibility index (Phi) is 8.73. The molecule has 0 bridgehead atoms. The Morgan fingerprint density at radius 3 is 1.97 bits per heavy atom. The predicted octanol–water partition coefficient (Wildman–Crippen LogP) is 4.52. The smallest absolute Gasteiger partial charge is 0.325 e. The third kappa shape index (κ3) is 7.36. The molecule has 0 saturated carbocycles. The van der Waals surface area contributed by atoms with Gasteiger partial charge in [-0.2, -0.15) is 4.72 Å². The van der Waals surface area contributed by atoms with Gasteiger partial charge < -0.3 is 10.1 Å². The lowest BCUT2D eigenvalue weighted by Crippen LogP contribution is -2.47. The number of carbonyl (C=O) groups excluding carboxylic acids is 2. The lowest BCUT2D eigenvalue weighted by Gasteiger charge is -2.23. The van der Waals surface area contributed by atoms with Gasteiger partial charge in [0, 0.05) is 20.8 Å². The molecule has 11 heteroatoms. The van der Waals surface area contributed by atoms with Crippen molar-refractivity contribution in [2.24, 2.45) is 5.92 Å². The van der Waals surface area contributed by atoms with Crippen molar-refractivity contribution in [2.45, 2.75) is 37.8 Å². The van der Waals surface area contributed by atoms with Crippen molar-refractivity contribution in [3.8, 4) is 0 Å². The van der Waals surface area contributed by atoms with Crippen LogP contribution in [-0.4, -0.2) is 32.4 Å². The number of hydrogen-bond acceptors (Lipinski definition) is 5. The van der Waals surface area contributed by atoms with Crippen LogP contribution in [0.25, 0.3) is 0 Å². The maximum Gasteiger partial charge on any atom is 0.325 e. The number of hydrogen-bond donors (Lipinski definition) is 2. The highest BCUT2D eigenvalue weighted by Crippen LogP contribution is 2.23. The topological polar surface area (TPSA) is 102 Å². The number of amides is 1. The van der Waals surface area contributed by atoms with E-state index in [1.165, 1.54) is 49.4 Å². The SMILES string of the molecule is CC(OC(=O)C(NS(=O)(=O)c1ccc(Cl)cc1)C(C)C)C(=O)Nc1cc(Cl)cc(Cl)c1. The number of halogens is 3.